The third-order valence-electron chi connectivity index (χ3n) is 4.64. The third-order valence-corrected chi connectivity index (χ3v) is 4.64. The highest BCUT2D eigenvalue weighted by Gasteiger charge is 2.23. The molecule has 2 heteroatoms. The number of hydrogen-bond acceptors (Lipinski definition) is 1. The van der Waals surface area contributed by atoms with Gasteiger partial charge in [0.15, 0.2) is 5.78 Å². The van der Waals surface area contributed by atoms with E-state index in [0.717, 1.165) is 29.3 Å². The van der Waals surface area contributed by atoms with Crippen molar-refractivity contribution in [2.45, 2.75) is 44.9 Å². The van der Waals surface area contributed by atoms with Crippen LogP contribution >= 0.6 is 0 Å². The van der Waals surface area contributed by atoms with Gasteiger partial charge in [0.1, 0.15) is 0 Å². The van der Waals surface area contributed by atoms with Crippen molar-refractivity contribution in [3.63, 3.8) is 0 Å². The van der Waals surface area contributed by atoms with Crippen molar-refractivity contribution in [1.29, 1.82) is 0 Å². The second kappa shape index (κ2) is 5.82. The molecule has 0 radical (unpaired) electrons. The standard InChI is InChI=1S/C18H23NO/c1-19-13-16(15-11-7-8-12-17(15)19)18(20)14-9-5-3-2-4-6-10-14/h7-8,11-14H,2-6,9-10H2,1H3. The van der Waals surface area contributed by atoms with Crippen molar-refractivity contribution in [3.8, 4) is 0 Å². The number of nitrogens with zero attached hydrogens (tertiary/aromatic N) is 1. The van der Waals surface area contributed by atoms with Gasteiger partial charge < -0.3 is 4.57 Å². The van der Waals surface area contributed by atoms with E-state index in [1.54, 1.807) is 0 Å². The molecule has 1 aromatic carbocycles. The molecule has 1 aliphatic carbocycles. The number of para-hydroxylation sites is 1. The fraction of sp³-hybridized carbons (Fsp3) is 0.500. The highest BCUT2D eigenvalue weighted by atomic mass is 16.1. The minimum atomic E-state index is 0.237. The SMILES string of the molecule is Cn1cc(C(=O)C2CCCCCCC2)c2ccccc21. The van der Waals surface area contributed by atoms with Gasteiger partial charge in [-0.2, -0.15) is 0 Å². The average molecular weight is 269 g/mol. The van der Waals surface area contributed by atoms with Crippen LogP contribution < -0.4 is 0 Å². The number of fused-ring (bicyclic) bond motifs is 1. The summed E-state index contributed by atoms with van der Waals surface area (Å²) in [6.45, 7) is 0. The number of carbonyl (C=O) groups is 1. The summed E-state index contributed by atoms with van der Waals surface area (Å²) in [6, 6.07) is 8.22. The zero-order valence-electron chi connectivity index (χ0n) is 12.3. The second-order valence-corrected chi connectivity index (χ2v) is 6.08. The van der Waals surface area contributed by atoms with Crippen molar-refractivity contribution in [2.75, 3.05) is 0 Å². The van der Waals surface area contributed by atoms with E-state index < -0.39 is 0 Å². The number of rotatable bonds is 2. The zero-order valence-corrected chi connectivity index (χ0v) is 12.3. The summed E-state index contributed by atoms with van der Waals surface area (Å²) in [5.41, 5.74) is 2.08. The Morgan fingerprint density at radius 1 is 1.05 bits per heavy atom. The predicted molar refractivity (Wildman–Crippen MR) is 83.1 cm³/mol. The lowest BCUT2D eigenvalue weighted by atomic mass is 9.85. The van der Waals surface area contributed by atoms with Gasteiger partial charge in [0, 0.05) is 35.6 Å². The van der Waals surface area contributed by atoms with Crippen molar-refractivity contribution < 1.29 is 4.79 Å². The number of Topliss-reactive ketones (excluding diaryl/α,β-unsaturated/α-hetero) is 1. The maximum Gasteiger partial charge on any atom is 0.168 e. The first-order chi connectivity index (χ1) is 9.77. The van der Waals surface area contributed by atoms with Gasteiger partial charge in [-0.3, -0.25) is 4.79 Å². The lowest BCUT2D eigenvalue weighted by Crippen LogP contribution is -2.16. The topological polar surface area (TPSA) is 22.0 Å². The van der Waals surface area contributed by atoms with Gasteiger partial charge in [-0.05, 0) is 18.9 Å². The maximum atomic E-state index is 12.9. The minimum Gasteiger partial charge on any atom is -0.350 e. The average Bonchev–Trinajstić information content (AvgIpc) is 2.76. The Labute approximate surface area is 120 Å². The smallest absolute Gasteiger partial charge is 0.168 e. The Kier molecular flexibility index (Phi) is 3.90. The van der Waals surface area contributed by atoms with Crippen LogP contribution in [-0.2, 0) is 7.05 Å². The number of carbonyl (C=O) groups excluding carboxylic acids is 1. The van der Waals surface area contributed by atoms with Crippen LogP contribution in [0.25, 0.3) is 10.9 Å². The molecule has 20 heavy (non-hydrogen) atoms. The molecule has 1 saturated carbocycles. The van der Waals surface area contributed by atoms with E-state index in [1.165, 1.54) is 32.1 Å². The lowest BCUT2D eigenvalue weighted by Gasteiger charge is -2.18. The maximum absolute atomic E-state index is 12.9. The van der Waals surface area contributed by atoms with Crippen LogP contribution in [0, 0.1) is 5.92 Å². The normalized spacial score (nSPS) is 17.9. The lowest BCUT2D eigenvalue weighted by molar-refractivity contribution is 0.0900. The van der Waals surface area contributed by atoms with Crippen LogP contribution in [0.4, 0.5) is 0 Å². The van der Waals surface area contributed by atoms with Crippen molar-refractivity contribution in [2.24, 2.45) is 13.0 Å². The molecule has 0 spiro atoms. The van der Waals surface area contributed by atoms with E-state index >= 15 is 0 Å². The number of aryl methyl sites for hydroxylation is 1. The molecule has 0 aliphatic heterocycles. The molecule has 106 valence electrons. The first-order valence-electron chi connectivity index (χ1n) is 7.85. The summed E-state index contributed by atoms with van der Waals surface area (Å²) in [5.74, 6) is 0.602. The number of hydrogen-bond donors (Lipinski definition) is 0. The molecule has 0 bridgehead atoms. The quantitative estimate of drug-likeness (QED) is 0.723. The zero-order chi connectivity index (χ0) is 13.9. The van der Waals surface area contributed by atoms with Crippen molar-refractivity contribution >= 4 is 16.7 Å². The van der Waals surface area contributed by atoms with E-state index in [9.17, 15) is 4.79 Å². The van der Waals surface area contributed by atoms with Crippen LogP contribution in [0.3, 0.4) is 0 Å². The van der Waals surface area contributed by atoms with Crippen LogP contribution in [0.5, 0.6) is 0 Å². The summed E-state index contributed by atoms with van der Waals surface area (Å²) >= 11 is 0. The number of aromatic nitrogens is 1. The molecule has 0 saturated heterocycles. The first kappa shape index (κ1) is 13.4. The molecule has 1 heterocycles. The molecule has 1 aliphatic rings. The molecule has 1 aromatic heterocycles. The summed E-state index contributed by atoms with van der Waals surface area (Å²) in [6.07, 6.45) is 10.5. The molecule has 2 nitrogen and oxygen atoms in total. The van der Waals surface area contributed by atoms with Crippen LogP contribution in [0.15, 0.2) is 30.5 Å². The molecule has 0 amide bonds. The molecular weight excluding hydrogens is 246 g/mol. The van der Waals surface area contributed by atoms with Gasteiger partial charge in [-0.15, -0.1) is 0 Å². The third kappa shape index (κ3) is 2.52. The molecule has 1 fully saturated rings. The minimum absolute atomic E-state index is 0.237. The summed E-state index contributed by atoms with van der Waals surface area (Å²) in [5, 5.41) is 1.11. The molecule has 2 aromatic rings. The van der Waals surface area contributed by atoms with Gasteiger partial charge in [-0.25, -0.2) is 0 Å². The van der Waals surface area contributed by atoms with Gasteiger partial charge in [0.2, 0.25) is 0 Å². The molecular formula is C18H23NO. The monoisotopic (exact) mass is 269 g/mol. The van der Waals surface area contributed by atoms with E-state index in [-0.39, 0.29) is 5.92 Å². The highest BCUT2D eigenvalue weighted by molar-refractivity contribution is 6.09. The summed E-state index contributed by atoms with van der Waals surface area (Å²) < 4.78 is 2.07. The van der Waals surface area contributed by atoms with Gasteiger partial charge in [0.05, 0.1) is 0 Å². The fourth-order valence-corrected chi connectivity index (χ4v) is 3.48. The second-order valence-electron chi connectivity index (χ2n) is 6.08. The molecule has 3 rings (SSSR count). The van der Waals surface area contributed by atoms with E-state index in [1.807, 2.05) is 25.4 Å². The Morgan fingerprint density at radius 3 is 2.45 bits per heavy atom. The van der Waals surface area contributed by atoms with Crippen LogP contribution in [0.1, 0.15) is 55.3 Å². The Hall–Kier alpha value is -1.57. The van der Waals surface area contributed by atoms with E-state index in [0.29, 0.717) is 5.78 Å². The Morgan fingerprint density at radius 2 is 1.70 bits per heavy atom. The Bertz CT molecular complexity index is 603. The van der Waals surface area contributed by atoms with Gasteiger partial charge in [0.25, 0.3) is 0 Å². The van der Waals surface area contributed by atoms with E-state index in [2.05, 4.69) is 16.7 Å². The largest absolute Gasteiger partial charge is 0.350 e. The van der Waals surface area contributed by atoms with Crippen LogP contribution in [-0.4, -0.2) is 10.4 Å². The van der Waals surface area contributed by atoms with Crippen molar-refractivity contribution in [3.05, 3.63) is 36.0 Å². The number of benzene rings is 1. The van der Waals surface area contributed by atoms with Gasteiger partial charge >= 0.3 is 0 Å². The molecule has 0 N–H and O–H groups in total. The summed E-state index contributed by atoms with van der Waals surface area (Å²) in [4.78, 5) is 12.9. The van der Waals surface area contributed by atoms with Crippen molar-refractivity contribution in [1.82, 2.24) is 4.57 Å². The molecule has 0 atom stereocenters. The van der Waals surface area contributed by atoms with Gasteiger partial charge in [-0.1, -0.05) is 50.3 Å². The Balaban J connectivity index is 1.91. The fourth-order valence-electron chi connectivity index (χ4n) is 3.48. The molecule has 0 unspecified atom stereocenters. The van der Waals surface area contributed by atoms with Crippen LogP contribution in [0.2, 0.25) is 0 Å². The summed E-state index contributed by atoms with van der Waals surface area (Å²) in [7, 11) is 2.03. The van der Waals surface area contributed by atoms with E-state index in [4.69, 9.17) is 0 Å². The predicted octanol–water partition coefficient (Wildman–Crippen LogP) is 4.72. The first-order valence-corrected chi connectivity index (χ1v) is 7.85. The number of ketones is 1. The highest BCUT2D eigenvalue weighted by Crippen LogP contribution is 2.29.